The Morgan fingerprint density at radius 2 is 2.43 bits per heavy atom. The van der Waals surface area contributed by atoms with Crippen molar-refractivity contribution in [3.8, 4) is 18.1 Å². The van der Waals surface area contributed by atoms with Gasteiger partial charge in [-0.05, 0) is 24.5 Å². The molecule has 0 atom stereocenters. The number of fused-ring (bicyclic) bond motifs is 1. The molecule has 72 valence electrons. The molecule has 1 N–H and O–H groups in total. The molecule has 0 aliphatic carbocycles. The second-order valence-electron chi connectivity index (χ2n) is 3.30. The Kier molecular flexibility index (Phi) is 2.60. The summed E-state index contributed by atoms with van der Waals surface area (Å²) in [5, 5.41) is 3.16. The van der Waals surface area contributed by atoms with Gasteiger partial charge in [0.2, 0.25) is 0 Å². The van der Waals surface area contributed by atoms with Gasteiger partial charge >= 0.3 is 0 Å². The lowest BCUT2D eigenvalue weighted by atomic mass is 10.1. The first-order chi connectivity index (χ1) is 6.92. The summed E-state index contributed by atoms with van der Waals surface area (Å²) in [7, 11) is 0. The molecule has 1 aromatic rings. The smallest absolute Gasteiger partial charge is 0.145 e. The third-order valence-electron chi connectivity index (χ3n) is 2.31. The van der Waals surface area contributed by atoms with Crippen LogP contribution in [-0.2, 0) is 6.42 Å². The van der Waals surface area contributed by atoms with Crippen LogP contribution in [0.1, 0.15) is 12.0 Å². The van der Waals surface area contributed by atoms with Crippen LogP contribution in [0.5, 0.6) is 5.75 Å². The molecule has 0 amide bonds. The normalized spacial score (nSPS) is 13.6. The van der Waals surface area contributed by atoms with E-state index in [9.17, 15) is 0 Å². The first kappa shape index (κ1) is 8.96. The average Bonchev–Trinajstić information content (AvgIpc) is 2.26. The largest absolute Gasteiger partial charge is 0.491 e. The molecule has 0 saturated carbocycles. The van der Waals surface area contributed by atoms with Crippen LogP contribution >= 0.6 is 0 Å². The highest BCUT2D eigenvalue weighted by molar-refractivity contribution is 5.61. The van der Waals surface area contributed by atoms with Gasteiger partial charge in [-0.3, -0.25) is 0 Å². The van der Waals surface area contributed by atoms with Crippen LogP contribution in [0.4, 0.5) is 5.69 Å². The van der Waals surface area contributed by atoms with Gasteiger partial charge in [0, 0.05) is 0 Å². The number of anilines is 1. The van der Waals surface area contributed by atoms with E-state index in [2.05, 4.69) is 17.3 Å². The molecule has 1 heterocycles. The number of hydrogen-bond donors (Lipinski definition) is 1. The molecule has 1 aromatic carbocycles. The molecule has 0 fully saturated rings. The maximum atomic E-state index is 5.62. The van der Waals surface area contributed by atoms with Gasteiger partial charge in [0.1, 0.15) is 5.75 Å². The molecule has 0 spiro atoms. The van der Waals surface area contributed by atoms with Crippen molar-refractivity contribution in [2.45, 2.75) is 12.8 Å². The molecule has 0 radical (unpaired) electrons. The molecule has 0 unspecified atom stereocenters. The van der Waals surface area contributed by atoms with E-state index in [0.29, 0.717) is 6.54 Å². The predicted octanol–water partition coefficient (Wildman–Crippen LogP) is 2.06. The van der Waals surface area contributed by atoms with Crippen LogP contribution in [0.15, 0.2) is 18.2 Å². The van der Waals surface area contributed by atoms with Crippen LogP contribution in [-0.4, -0.2) is 13.2 Å². The minimum absolute atomic E-state index is 0.541. The molecular formula is C12H13NO. The zero-order chi connectivity index (χ0) is 9.80. The van der Waals surface area contributed by atoms with Crippen molar-refractivity contribution in [3.05, 3.63) is 23.8 Å². The van der Waals surface area contributed by atoms with Crippen molar-refractivity contribution in [1.29, 1.82) is 0 Å². The summed E-state index contributed by atoms with van der Waals surface area (Å²) in [5.41, 5.74) is 2.29. The van der Waals surface area contributed by atoms with Gasteiger partial charge in [-0.15, -0.1) is 6.42 Å². The first-order valence-electron chi connectivity index (χ1n) is 4.84. The molecule has 2 heteroatoms. The zero-order valence-corrected chi connectivity index (χ0v) is 8.05. The Labute approximate surface area is 84.3 Å². The van der Waals surface area contributed by atoms with Crippen LogP contribution in [0, 0.1) is 12.3 Å². The third kappa shape index (κ3) is 1.67. The highest BCUT2D eigenvalue weighted by Crippen LogP contribution is 2.32. The molecule has 2 rings (SSSR count). The van der Waals surface area contributed by atoms with Crippen molar-refractivity contribution in [2.24, 2.45) is 0 Å². The van der Waals surface area contributed by atoms with E-state index in [1.165, 1.54) is 5.56 Å². The highest BCUT2D eigenvalue weighted by atomic mass is 16.5. The quantitative estimate of drug-likeness (QED) is 0.715. The number of aryl methyl sites for hydroxylation is 1. The molecule has 1 aliphatic heterocycles. The number of hydrogen-bond acceptors (Lipinski definition) is 2. The number of para-hydroxylation sites is 1. The van der Waals surface area contributed by atoms with Gasteiger partial charge in [0.15, 0.2) is 0 Å². The summed E-state index contributed by atoms with van der Waals surface area (Å²) in [5.74, 6) is 3.54. The van der Waals surface area contributed by atoms with Gasteiger partial charge in [0.05, 0.1) is 18.8 Å². The van der Waals surface area contributed by atoms with Crippen molar-refractivity contribution in [2.75, 3.05) is 18.5 Å². The summed E-state index contributed by atoms with van der Waals surface area (Å²) in [6.45, 7) is 1.35. The van der Waals surface area contributed by atoms with E-state index in [1.807, 2.05) is 12.1 Å². The fraction of sp³-hybridized carbons (Fsp3) is 0.333. The van der Waals surface area contributed by atoms with E-state index < -0.39 is 0 Å². The Balaban J connectivity index is 2.27. The lowest BCUT2D eigenvalue weighted by molar-refractivity contribution is 0.290. The average molecular weight is 187 g/mol. The van der Waals surface area contributed by atoms with Gasteiger partial charge in [0.25, 0.3) is 0 Å². The van der Waals surface area contributed by atoms with E-state index in [4.69, 9.17) is 11.2 Å². The fourth-order valence-electron chi connectivity index (χ4n) is 1.67. The van der Waals surface area contributed by atoms with E-state index in [1.54, 1.807) is 0 Å². The Morgan fingerprint density at radius 3 is 3.29 bits per heavy atom. The summed E-state index contributed by atoms with van der Waals surface area (Å²) in [4.78, 5) is 0. The van der Waals surface area contributed by atoms with Crippen molar-refractivity contribution >= 4 is 5.69 Å². The van der Waals surface area contributed by atoms with Gasteiger partial charge in [-0.25, -0.2) is 0 Å². The van der Waals surface area contributed by atoms with Gasteiger partial charge < -0.3 is 10.1 Å². The SMILES string of the molecule is C#CCNc1cccc2c1OCCC2. The Morgan fingerprint density at radius 1 is 1.50 bits per heavy atom. The minimum Gasteiger partial charge on any atom is -0.491 e. The standard InChI is InChI=1S/C12H13NO/c1-2-8-13-11-7-3-5-10-6-4-9-14-12(10)11/h1,3,5,7,13H,4,6,8-9H2. The molecule has 14 heavy (non-hydrogen) atoms. The van der Waals surface area contributed by atoms with E-state index >= 15 is 0 Å². The number of benzene rings is 1. The van der Waals surface area contributed by atoms with Gasteiger partial charge in [-0.1, -0.05) is 18.1 Å². The third-order valence-corrected chi connectivity index (χ3v) is 2.31. The van der Waals surface area contributed by atoms with Crippen LogP contribution in [0.25, 0.3) is 0 Å². The maximum Gasteiger partial charge on any atom is 0.145 e. The fourth-order valence-corrected chi connectivity index (χ4v) is 1.67. The highest BCUT2D eigenvalue weighted by Gasteiger charge is 2.13. The Bertz CT molecular complexity index is 365. The number of rotatable bonds is 2. The monoisotopic (exact) mass is 187 g/mol. The lowest BCUT2D eigenvalue weighted by Crippen LogP contribution is -2.11. The van der Waals surface area contributed by atoms with Crippen molar-refractivity contribution in [3.63, 3.8) is 0 Å². The lowest BCUT2D eigenvalue weighted by Gasteiger charge is -2.20. The zero-order valence-electron chi connectivity index (χ0n) is 8.05. The van der Waals surface area contributed by atoms with Crippen molar-refractivity contribution < 1.29 is 4.74 Å². The molecule has 0 aromatic heterocycles. The molecular weight excluding hydrogens is 174 g/mol. The van der Waals surface area contributed by atoms with Crippen LogP contribution in [0.3, 0.4) is 0 Å². The minimum atomic E-state index is 0.541. The van der Waals surface area contributed by atoms with Crippen molar-refractivity contribution in [1.82, 2.24) is 0 Å². The first-order valence-corrected chi connectivity index (χ1v) is 4.84. The number of terminal acetylenes is 1. The van der Waals surface area contributed by atoms with Crippen LogP contribution < -0.4 is 10.1 Å². The molecule has 0 bridgehead atoms. The summed E-state index contributed by atoms with van der Waals surface area (Å²) < 4.78 is 5.62. The second kappa shape index (κ2) is 4.06. The summed E-state index contributed by atoms with van der Waals surface area (Å²) >= 11 is 0. The predicted molar refractivity (Wildman–Crippen MR) is 57.6 cm³/mol. The summed E-state index contributed by atoms with van der Waals surface area (Å²) in [6, 6.07) is 6.14. The second-order valence-corrected chi connectivity index (χ2v) is 3.30. The van der Waals surface area contributed by atoms with Crippen LogP contribution in [0.2, 0.25) is 0 Å². The summed E-state index contributed by atoms with van der Waals surface area (Å²) in [6.07, 6.45) is 7.40. The van der Waals surface area contributed by atoms with E-state index in [-0.39, 0.29) is 0 Å². The maximum absolute atomic E-state index is 5.62. The number of nitrogens with one attached hydrogen (secondary N) is 1. The topological polar surface area (TPSA) is 21.3 Å². The molecule has 1 aliphatic rings. The number of ether oxygens (including phenoxy) is 1. The molecule has 0 saturated heterocycles. The van der Waals surface area contributed by atoms with Gasteiger partial charge in [-0.2, -0.15) is 0 Å². The Hall–Kier alpha value is -1.62. The van der Waals surface area contributed by atoms with E-state index in [0.717, 1.165) is 30.9 Å². The molecule has 2 nitrogen and oxygen atoms in total.